The molecule has 0 heterocycles. The summed E-state index contributed by atoms with van der Waals surface area (Å²) in [6, 6.07) is 4.31. The Labute approximate surface area is 118 Å². The number of methoxy groups -OCH3 is 1. The predicted octanol–water partition coefficient (Wildman–Crippen LogP) is 1.91. The first-order valence-corrected chi connectivity index (χ1v) is 6.52. The lowest BCUT2D eigenvalue weighted by Gasteiger charge is -2.16. The second-order valence-electron chi connectivity index (χ2n) is 4.20. The van der Waals surface area contributed by atoms with Crippen LogP contribution in [0.5, 0.6) is 0 Å². The second kappa shape index (κ2) is 9.23. The van der Waals surface area contributed by atoms with Gasteiger partial charge >= 0.3 is 0 Å². The number of hydrogen-bond donors (Lipinski definition) is 2. The number of hydrazine groups is 1. The monoisotopic (exact) mass is 290 g/mol. The van der Waals surface area contributed by atoms with Crippen molar-refractivity contribution in [2.24, 2.45) is 5.84 Å². The topological polar surface area (TPSA) is 56.5 Å². The molecule has 1 unspecified atom stereocenters. The lowest BCUT2D eigenvalue weighted by molar-refractivity contribution is 0.0658. The van der Waals surface area contributed by atoms with Crippen molar-refractivity contribution in [3.05, 3.63) is 34.6 Å². The van der Waals surface area contributed by atoms with Crippen molar-refractivity contribution in [1.82, 2.24) is 5.43 Å². The van der Waals surface area contributed by atoms with Crippen LogP contribution in [0.15, 0.2) is 18.2 Å². The molecule has 1 rings (SSSR count). The van der Waals surface area contributed by atoms with Crippen molar-refractivity contribution in [3.63, 3.8) is 0 Å². The van der Waals surface area contributed by atoms with Gasteiger partial charge in [0.15, 0.2) is 0 Å². The van der Waals surface area contributed by atoms with Crippen molar-refractivity contribution in [1.29, 1.82) is 0 Å². The van der Waals surface area contributed by atoms with Crippen LogP contribution in [0.1, 0.15) is 12.0 Å². The molecule has 0 radical (unpaired) electrons. The molecule has 0 aliphatic heterocycles. The van der Waals surface area contributed by atoms with Crippen LogP contribution in [0.25, 0.3) is 0 Å². The summed E-state index contributed by atoms with van der Waals surface area (Å²) in [7, 11) is 1.62. The summed E-state index contributed by atoms with van der Waals surface area (Å²) in [4.78, 5) is 0. The summed E-state index contributed by atoms with van der Waals surface area (Å²) < 4.78 is 23.4. The highest BCUT2D eigenvalue weighted by atomic mass is 35.5. The molecule has 0 spiro atoms. The number of nitrogens with two attached hydrogens (primary N) is 1. The predicted molar refractivity (Wildman–Crippen MR) is 73.5 cm³/mol. The van der Waals surface area contributed by atoms with E-state index in [1.807, 2.05) is 0 Å². The van der Waals surface area contributed by atoms with Gasteiger partial charge in [0.1, 0.15) is 5.82 Å². The molecule has 6 heteroatoms. The van der Waals surface area contributed by atoms with Crippen LogP contribution < -0.4 is 11.3 Å². The van der Waals surface area contributed by atoms with Crippen LogP contribution in [0.2, 0.25) is 5.02 Å². The van der Waals surface area contributed by atoms with E-state index < -0.39 is 0 Å². The average Bonchev–Trinajstić information content (AvgIpc) is 2.41. The Morgan fingerprint density at radius 3 is 2.84 bits per heavy atom. The molecule has 108 valence electrons. The van der Waals surface area contributed by atoms with Crippen LogP contribution in [0.3, 0.4) is 0 Å². The van der Waals surface area contributed by atoms with Crippen LogP contribution in [0.4, 0.5) is 4.39 Å². The smallest absolute Gasteiger partial charge is 0.123 e. The van der Waals surface area contributed by atoms with Crippen molar-refractivity contribution >= 4 is 11.6 Å². The fourth-order valence-electron chi connectivity index (χ4n) is 1.68. The highest BCUT2D eigenvalue weighted by Gasteiger charge is 2.11. The summed E-state index contributed by atoms with van der Waals surface area (Å²) in [6.45, 7) is 1.68. The number of benzene rings is 1. The molecule has 0 amide bonds. The zero-order chi connectivity index (χ0) is 14.1. The van der Waals surface area contributed by atoms with E-state index in [1.165, 1.54) is 12.1 Å². The molecule has 0 aliphatic carbocycles. The number of halogens is 2. The number of hydrogen-bond acceptors (Lipinski definition) is 4. The first kappa shape index (κ1) is 16.3. The van der Waals surface area contributed by atoms with E-state index in [9.17, 15) is 4.39 Å². The second-order valence-corrected chi connectivity index (χ2v) is 4.60. The third kappa shape index (κ3) is 6.31. The third-order valence-electron chi connectivity index (χ3n) is 2.75. The molecule has 3 N–H and O–H groups in total. The van der Waals surface area contributed by atoms with E-state index in [-0.39, 0.29) is 11.9 Å². The largest absolute Gasteiger partial charge is 0.382 e. The zero-order valence-electron chi connectivity index (χ0n) is 11.0. The van der Waals surface area contributed by atoms with Gasteiger partial charge in [-0.15, -0.1) is 0 Å². The maximum absolute atomic E-state index is 13.1. The fourth-order valence-corrected chi connectivity index (χ4v) is 1.87. The molecule has 0 aromatic heterocycles. The molecule has 0 bridgehead atoms. The van der Waals surface area contributed by atoms with Gasteiger partial charge in [-0.3, -0.25) is 11.3 Å². The molecule has 0 fully saturated rings. The Bertz CT molecular complexity index is 380. The molecule has 0 saturated carbocycles. The third-order valence-corrected chi connectivity index (χ3v) is 3.12. The average molecular weight is 291 g/mol. The number of rotatable bonds is 9. The molecule has 1 aromatic carbocycles. The van der Waals surface area contributed by atoms with Crippen molar-refractivity contribution in [2.45, 2.75) is 18.9 Å². The Balaban J connectivity index is 2.41. The Morgan fingerprint density at radius 2 is 2.16 bits per heavy atom. The van der Waals surface area contributed by atoms with E-state index in [0.717, 1.165) is 5.56 Å². The standard InChI is InChI=1S/C13H20ClFN2O2/c1-18-6-7-19-5-4-12(17-16)9-10-8-11(15)2-3-13(10)14/h2-3,8,12,17H,4-7,9,16H2,1H3. The van der Waals surface area contributed by atoms with E-state index >= 15 is 0 Å². The molecular formula is C13H20ClFN2O2. The Kier molecular flexibility index (Phi) is 7.93. The van der Waals surface area contributed by atoms with Gasteiger partial charge in [-0.2, -0.15) is 0 Å². The van der Waals surface area contributed by atoms with E-state index in [1.54, 1.807) is 13.2 Å². The van der Waals surface area contributed by atoms with Gasteiger partial charge in [0.25, 0.3) is 0 Å². The zero-order valence-corrected chi connectivity index (χ0v) is 11.8. The van der Waals surface area contributed by atoms with Crippen molar-refractivity contribution in [2.75, 3.05) is 26.9 Å². The highest BCUT2D eigenvalue weighted by molar-refractivity contribution is 6.31. The van der Waals surface area contributed by atoms with Gasteiger partial charge in [-0.25, -0.2) is 4.39 Å². The van der Waals surface area contributed by atoms with Crippen LogP contribution in [-0.4, -0.2) is 33.0 Å². The minimum atomic E-state index is -0.300. The maximum atomic E-state index is 13.1. The molecule has 1 aromatic rings. The van der Waals surface area contributed by atoms with Crippen molar-refractivity contribution < 1.29 is 13.9 Å². The Hall–Kier alpha value is -0.720. The maximum Gasteiger partial charge on any atom is 0.123 e. The molecule has 19 heavy (non-hydrogen) atoms. The van der Waals surface area contributed by atoms with E-state index in [4.69, 9.17) is 26.9 Å². The van der Waals surface area contributed by atoms with Gasteiger partial charge in [0.05, 0.1) is 13.2 Å². The first-order chi connectivity index (χ1) is 9.17. The molecule has 4 nitrogen and oxygen atoms in total. The fraction of sp³-hybridized carbons (Fsp3) is 0.538. The normalized spacial score (nSPS) is 12.6. The minimum Gasteiger partial charge on any atom is -0.382 e. The molecule has 0 saturated heterocycles. The molecular weight excluding hydrogens is 271 g/mol. The summed E-state index contributed by atoms with van der Waals surface area (Å²) in [5, 5.41) is 0.543. The number of ether oxygens (including phenoxy) is 2. The van der Waals surface area contributed by atoms with Gasteiger partial charge in [0, 0.05) is 24.8 Å². The summed E-state index contributed by atoms with van der Waals surface area (Å²) in [5.74, 6) is 5.18. The van der Waals surface area contributed by atoms with Crippen LogP contribution in [0, 0.1) is 5.82 Å². The lowest BCUT2D eigenvalue weighted by Crippen LogP contribution is -2.37. The summed E-state index contributed by atoms with van der Waals surface area (Å²) in [5.41, 5.74) is 3.43. The van der Waals surface area contributed by atoms with Crippen LogP contribution in [-0.2, 0) is 15.9 Å². The van der Waals surface area contributed by atoms with Gasteiger partial charge in [0.2, 0.25) is 0 Å². The summed E-state index contributed by atoms with van der Waals surface area (Å²) >= 11 is 6.02. The van der Waals surface area contributed by atoms with Crippen LogP contribution >= 0.6 is 11.6 Å². The lowest BCUT2D eigenvalue weighted by atomic mass is 10.0. The minimum absolute atomic E-state index is 0.0122. The Morgan fingerprint density at radius 1 is 1.37 bits per heavy atom. The van der Waals surface area contributed by atoms with E-state index in [2.05, 4.69) is 5.43 Å². The van der Waals surface area contributed by atoms with Gasteiger partial charge in [-0.05, 0) is 36.6 Å². The SMILES string of the molecule is COCCOCCC(Cc1cc(F)ccc1Cl)NN. The van der Waals surface area contributed by atoms with Gasteiger partial charge < -0.3 is 9.47 Å². The summed E-state index contributed by atoms with van der Waals surface area (Å²) in [6.07, 6.45) is 1.27. The van der Waals surface area contributed by atoms with Gasteiger partial charge in [-0.1, -0.05) is 11.6 Å². The van der Waals surface area contributed by atoms with E-state index in [0.29, 0.717) is 37.7 Å². The highest BCUT2D eigenvalue weighted by Crippen LogP contribution is 2.19. The van der Waals surface area contributed by atoms with Crippen molar-refractivity contribution in [3.8, 4) is 0 Å². The molecule has 0 aliphatic rings. The molecule has 1 atom stereocenters. The number of nitrogens with one attached hydrogen (secondary N) is 1. The first-order valence-electron chi connectivity index (χ1n) is 6.14. The quantitative estimate of drug-likeness (QED) is 0.414.